The summed E-state index contributed by atoms with van der Waals surface area (Å²) in [6.45, 7) is 0. The normalized spacial score (nSPS) is 11.3. The van der Waals surface area contributed by atoms with E-state index in [1.165, 1.54) is 37.7 Å². The average Bonchev–Trinajstić information content (AvgIpc) is 2.75. The zero-order valence-corrected chi connectivity index (χ0v) is 16.5. The minimum Gasteiger partial charge on any atom is -0.493 e. The number of hydrazone groups is 1. The first-order chi connectivity index (χ1) is 14.4. The number of halogens is 1. The smallest absolute Gasteiger partial charge is 0.339 e. The van der Waals surface area contributed by atoms with Gasteiger partial charge < -0.3 is 8.92 Å². The highest BCUT2D eigenvalue weighted by Gasteiger charge is 2.19. The van der Waals surface area contributed by atoms with Crippen molar-refractivity contribution in [2.45, 2.75) is 4.90 Å². The van der Waals surface area contributed by atoms with E-state index < -0.39 is 21.8 Å². The van der Waals surface area contributed by atoms with Crippen LogP contribution in [0.4, 0.5) is 4.39 Å². The number of hydrogen-bond acceptors (Lipinski definition) is 7. The lowest BCUT2D eigenvalue weighted by molar-refractivity contribution is 0.0954. The fourth-order valence-corrected chi connectivity index (χ4v) is 3.27. The van der Waals surface area contributed by atoms with Crippen LogP contribution in [-0.4, -0.2) is 32.6 Å². The van der Waals surface area contributed by atoms with Crippen molar-refractivity contribution in [3.8, 4) is 11.5 Å². The summed E-state index contributed by atoms with van der Waals surface area (Å²) in [5.74, 6) is -0.927. The van der Waals surface area contributed by atoms with Crippen LogP contribution in [0.2, 0.25) is 0 Å². The quantitative estimate of drug-likeness (QED) is 0.352. The molecule has 0 atom stereocenters. The number of hydrogen-bond donors (Lipinski definition) is 1. The molecule has 3 aromatic rings. The number of rotatable bonds is 7. The van der Waals surface area contributed by atoms with E-state index in [1.807, 2.05) is 0 Å². The summed E-state index contributed by atoms with van der Waals surface area (Å²) in [4.78, 5) is 15.6. The molecule has 0 fully saturated rings. The van der Waals surface area contributed by atoms with Gasteiger partial charge in [-0.1, -0.05) is 0 Å². The molecular weight excluding hydrogens is 413 g/mol. The Balaban J connectivity index is 1.73. The summed E-state index contributed by atoms with van der Waals surface area (Å²) in [6.07, 6.45) is 4.31. The van der Waals surface area contributed by atoms with Crippen LogP contribution in [0.15, 0.2) is 77.0 Å². The van der Waals surface area contributed by atoms with Gasteiger partial charge in [0, 0.05) is 12.4 Å². The third-order valence-corrected chi connectivity index (χ3v) is 5.04. The maximum absolute atomic E-state index is 13.0. The number of aromatic nitrogens is 1. The van der Waals surface area contributed by atoms with Crippen LogP contribution in [0.1, 0.15) is 15.9 Å². The van der Waals surface area contributed by atoms with Crippen LogP contribution in [-0.2, 0) is 10.1 Å². The van der Waals surface area contributed by atoms with Crippen molar-refractivity contribution in [2.75, 3.05) is 7.11 Å². The van der Waals surface area contributed by atoms with Gasteiger partial charge in [-0.25, -0.2) is 9.82 Å². The molecule has 0 spiro atoms. The lowest BCUT2D eigenvalue weighted by Gasteiger charge is -2.11. The minimum atomic E-state index is -4.18. The van der Waals surface area contributed by atoms with Gasteiger partial charge in [-0.05, 0) is 60.2 Å². The molecule has 0 saturated carbocycles. The van der Waals surface area contributed by atoms with Crippen LogP contribution < -0.4 is 14.3 Å². The van der Waals surface area contributed by atoms with E-state index in [2.05, 4.69) is 15.5 Å². The molecule has 0 radical (unpaired) electrons. The van der Waals surface area contributed by atoms with Crippen molar-refractivity contribution in [1.82, 2.24) is 10.4 Å². The molecule has 0 saturated heterocycles. The van der Waals surface area contributed by atoms with Crippen LogP contribution in [0.3, 0.4) is 0 Å². The van der Waals surface area contributed by atoms with Gasteiger partial charge in [0.15, 0.2) is 11.5 Å². The van der Waals surface area contributed by atoms with Gasteiger partial charge in [0.1, 0.15) is 10.7 Å². The van der Waals surface area contributed by atoms with Crippen molar-refractivity contribution in [1.29, 1.82) is 0 Å². The molecule has 30 heavy (non-hydrogen) atoms. The molecular formula is C20H16FN3O5S. The second-order valence-corrected chi connectivity index (χ2v) is 7.39. The first kappa shape index (κ1) is 20.9. The number of amides is 1. The molecule has 1 N–H and O–H groups in total. The SMILES string of the molecule is COc1cc(C=NNC(=O)c2cccnc2)ccc1OS(=O)(=O)c1ccc(F)cc1. The monoisotopic (exact) mass is 429 g/mol. The second-order valence-electron chi connectivity index (χ2n) is 5.84. The average molecular weight is 429 g/mol. The van der Waals surface area contributed by atoms with E-state index in [1.54, 1.807) is 18.3 Å². The number of pyridine rings is 1. The van der Waals surface area contributed by atoms with Gasteiger partial charge in [-0.3, -0.25) is 9.78 Å². The first-order valence-corrected chi connectivity index (χ1v) is 9.91. The number of ether oxygens (including phenoxy) is 1. The van der Waals surface area contributed by atoms with E-state index in [-0.39, 0.29) is 16.4 Å². The molecule has 1 heterocycles. The molecule has 2 aromatic carbocycles. The van der Waals surface area contributed by atoms with Crippen molar-refractivity contribution < 1.29 is 26.5 Å². The molecule has 154 valence electrons. The van der Waals surface area contributed by atoms with E-state index in [0.717, 1.165) is 24.3 Å². The third kappa shape index (κ3) is 5.17. The van der Waals surface area contributed by atoms with Gasteiger partial charge in [-0.15, -0.1) is 0 Å². The predicted molar refractivity (Wildman–Crippen MR) is 107 cm³/mol. The zero-order valence-electron chi connectivity index (χ0n) is 15.7. The van der Waals surface area contributed by atoms with Crippen molar-refractivity contribution in [2.24, 2.45) is 5.10 Å². The third-order valence-electron chi connectivity index (χ3n) is 3.79. The number of carbonyl (C=O) groups is 1. The number of nitrogens with zero attached hydrogens (tertiary/aromatic N) is 2. The highest BCUT2D eigenvalue weighted by molar-refractivity contribution is 7.87. The first-order valence-electron chi connectivity index (χ1n) is 8.50. The molecule has 10 heteroatoms. The number of benzene rings is 2. The van der Waals surface area contributed by atoms with Gasteiger partial charge >= 0.3 is 10.1 Å². The summed E-state index contributed by atoms with van der Waals surface area (Å²) in [5.41, 5.74) is 3.22. The van der Waals surface area contributed by atoms with Crippen molar-refractivity contribution in [3.05, 3.63) is 83.9 Å². The fourth-order valence-electron chi connectivity index (χ4n) is 2.33. The Morgan fingerprint density at radius 1 is 1.13 bits per heavy atom. The molecule has 0 aliphatic rings. The molecule has 8 nitrogen and oxygen atoms in total. The van der Waals surface area contributed by atoms with Crippen molar-refractivity contribution in [3.63, 3.8) is 0 Å². The summed E-state index contributed by atoms with van der Waals surface area (Å²) in [7, 11) is -2.83. The van der Waals surface area contributed by atoms with Crippen LogP contribution in [0.25, 0.3) is 0 Å². The molecule has 0 unspecified atom stereocenters. The molecule has 1 amide bonds. The number of methoxy groups -OCH3 is 1. The lowest BCUT2D eigenvalue weighted by Crippen LogP contribution is -2.17. The summed E-state index contributed by atoms with van der Waals surface area (Å²) < 4.78 is 48.0. The molecule has 0 aliphatic carbocycles. The Labute approximate surface area is 172 Å². The Morgan fingerprint density at radius 3 is 2.57 bits per heavy atom. The maximum Gasteiger partial charge on any atom is 0.339 e. The highest BCUT2D eigenvalue weighted by atomic mass is 32.2. The summed E-state index contributed by atoms with van der Waals surface area (Å²) >= 11 is 0. The van der Waals surface area contributed by atoms with E-state index >= 15 is 0 Å². The van der Waals surface area contributed by atoms with Crippen LogP contribution >= 0.6 is 0 Å². The van der Waals surface area contributed by atoms with Gasteiger partial charge in [-0.2, -0.15) is 13.5 Å². The van der Waals surface area contributed by atoms with Gasteiger partial charge in [0.25, 0.3) is 5.91 Å². The predicted octanol–water partition coefficient (Wildman–Crippen LogP) is 2.76. The molecule has 3 rings (SSSR count). The van der Waals surface area contributed by atoms with Crippen molar-refractivity contribution >= 4 is 22.2 Å². The Morgan fingerprint density at radius 2 is 1.90 bits per heavy atom. The van der Waals surface area contributed by atoms with Crippen LogP contribution in [0.5, 0.6) is 11.5 Å². The van der Waals surface area contributed by atoms with E-state index in [0.29, 0.717) is 11.1 Å². The second kappa shape index (κ2) is 9.14. The summed E-state index contributed by atoms with van der Waals surface area (Å²) in [5, 5.41) is 3.85. The van der Waals surface area contributed by atoms with Crippen LogP contribution in [0, 0.1) is 5.82 Å². The standard InChI is InChI=1S/C20H16FN3O5S/c1-28-19-11-14(12-23-24-20(25)15-3-2-10-22-13-15)4-9-18(19)29-30(26,27)17-7-5-16(21)6-8-17/h2-13H,1H3,(H,24,25). The van der Waals surface area contributed by atoms with Gasteiger partial charge in [0.05, 0.1) is 18.9 Å². The highest BCUT2D eigenvalue weighted by Crippen LogP contribution is 2.30. The van der Waals surface area contributed by atoms with E-state index in [4.69, 9.17) is 8.92 Å². The maximum atomic E-state index is 13.0. The Kier molecular flexibility index (Phi) is 6.38. The Bertz CT molecular complexity index is 1170. The number of nitrogens with one attached hydrogen (secondary N) is 1. The Hall–Kier alpha value is -3.79. The summed E-state index contributed by atoms with van der Waals surface area (Å²) in [6, 6.07) is 11.8. The van der Waals surface area contributed by atoms with E-state index in [9.17, 15) is 17.6 Å². The topological polar surface area (TPSA) is 107 Å². The largest absolute Gasteiger partial charge is 0.493 e. The fraction of sp³-hybridized carbons (Fsp3) is 0.0500. The molecule has 0 aliphatic heterocycles. The number of carbonyl (C=O) groups excluding carboxylic acids is 1. The minimum absolute atomic E-state index is 0.0571. The zero-order chi connectivity index (χ0) is 21.6. The molecule has 1 aromatic heterocycles. The lowest BCUT2D eigenvalue weighted by atomic mass is 10.2. The molecule has 0 bridgehead atoms. The van der Waals surface area contributed by atoms with Gasteiger partial charge in [0.2, 0.25) is 0 Å².